The van der Waals surface area contributed by atoms with E-state index in [2.05, 4.69) is 0 Å². The third-order valence-corrected chi connectivity index (χ3v) is 5.97. The summed E-state index contributed by atoms with van der Waals surface area (Å²) in [5.74, 6) is 0.339. The van der Waals surface area contributed by atoms with Crippen molar-refractivity contribution in [2.24, 2.45) is 0 Å². The Morgan fingerprint density at radius 2 is 2.17 bits per heavy atom. The Labute approximate surface area is 118 Å². The second kappa shape index (κ2) is 5.37. The van der Waals surface area contributed by atoms with Crippen molar-refractivity contribution in [3.05, 3.63) is 28.8 Å². The van der Waals surface area contributed by atoms with Crippen LogP contribution in [0, 0.1) is 6.92 Å². The van der Waals surface area contributed by atoms with Gasteiger partial charge in [0.2, 0.25) is 10.0 Å². The maximum Gasteiger partial charge on any atom is 0.243 e. The Hall–Kier alpha value is -0.290. The van der Waals surface area contributed by atoms with Crippen molar-refractivity contribution in [3.8, 4) is 0 Å². The minimum atomic E-state index is -3.45. The van der Waals surface area contributed by atoms with E-state index in [1.165, 1.54) is 4.31 Å². The number of hydrogen-bond acceptors (Lipinski definition) is 2. The third kappa shape index (κ3) is 2.52. The second-order valence-corrected chi connectivity index (χ2v) is 7.08. The number of aryl methyl sites for hydroxylation is 1. The monoisotopic (exact) mass is 307 g/mol. The van der Waals surface area contributed by atoms with E-state index in [4.69, 9.17) is 23.2 Å². The Bertz CT molecular complexity index is 545. The number of benzene rings is 1. The van der Waals surface area contributed by atoms with Crippen molar-refractivity contribution < 1.29 is 8.42 Å². The largest absolute Gasteiger partial charge is 0.243 e. The standard InChI is InChI=1S/C12H15Cl2NO2S/c1-9-7-11(4-5-12(9)14)18(16,17)15-6-2-3-10(15)8-13/h4-5,7,10H,2-3,6,8H2,1H3/t10-/m0/s1. The van der Waals surface area contributed by atoms with E-state index >= 15 is 0 Å². The Morgan fingerprint density at radius 3 is 2.78 bits per heavy atom. The maximum absolute atomic E-state index is 12.5. The van der Waals surface area contributed by atoms with Crippen LogP contribution in [0.3, 0.4) is 0 Å². The van der Waals surface area contributed by atoms with Gasteiger partial charge in [0.05, 0.1) is 4.90 Å². The van der Waals surface area contributed by atoms with Crippen LogP contribution in [0.2, 0.25) is 5.02 Å². The third-order valence-electron chi connectivity index (χ3n) is 3.24. The van der Waals surface area contributed by atoms with Gasteiger partial charge in [0.15, 0.2) is 0 Å². The van der Waals surface area contributed by atoms with E-state index in [1.54, 1.807) is 25.1 Å². The van der Waals surface area contributed by atoms with Gasteiger partial charge in [-0.05, 0) is 43.5 Å². The van der Waals surface area contributed by atoms with Crippen molar-refractivity contribution in [3.63, 3.8) is 0 Å². The normalized spacial score (nSPS) is 21.4. The molecule has 3 nitrogen and oxygen atoms in total. The molecule has 0 aliphatic carbocycles. The number of alkyl halides is 1. The van der Waals surface area contributed by atoms with E-state index in [9.17, 15) is 8.42 Å². The highest BCUT2D eigenvalue weighted by atomic mass is 35.5. The molecule has 0 N–H and O–H groups in total. The summed E-state index contributed by atoms with van der Waals surface area (Å²) in [4.78, 5) is 0.293. The molecule has 1 aliphatic heterocycles. The van der Waals surface area contributed by atoms with E-state index in [-0.39, 0.29) is 6.04 Å². The van der Waals surface area contributed by atoms with Gasteiger partial charge in [-0.15, -0.1) is 11.6 Å². The molecule has 1 aromatic rings. The molecule has 18 heavy (non-hydrogen) atoms. The first-order chi connectivity index (χ1) is 8.46. The second-order valence-electron chi connectivity index (χ2n) is 4.48. The molecular formula is C12H15Cl2NO2S. The minimum Gasteiger partial charge on any atom is -0.207 e. The summed E-state index contributed by atoms with van der Waals surface area (Å²) in [5.41, 5.74) is 0.763. The van der Waals surface area contributed by atoms with Gasteiger partial charge in [-0.2, -0.15) is 4.31 Å². The molecule has 1 saturated heterocycles. The van der Waals surface area contributed by atoms with Crippen LogP contribution in [-0.4, -0.2) is 31.2 Å². The zero-order valence-electron chi connectivity index (χ0n) is 10.1. The molecule has 1 heterocycles. The first kappa shape index (κ1) is 14.1. The van der Waals surface area contributed by atoms with E-state index in [0.29, 0.717) is 22.3 Å². The van der Waals surface area contributed by atoms with Crippen molar-refractivity contribution in [1.82, 2.24) is 4.31 Å². The predicted molar refractivity (Wildman–Crippen MR) is 73.8 cm³/mol. The summed E-state index contributed by atoms with van der Waals surface area (Å²) in [6.07, 6.45) is 1.69. The van der Waals surface area contributed by atoms with Gasteiger partial charge in [0.25, 0.3) is 0 Å². The van der Waals surface area contributed by atoms with Gasteiger partial charge in [-0.1, -0.05) is 11.6 Å². The lowest BCUT2D eigenvalue weighted by molar-refractivity contribution is 0.411. The molecule has 0 radical (unpaired) electrons. The molecule has 0 spiro atoms. The number of hydrogen-bond donors (Lipinski definition) is 0. The fraction of sp³-hybridized carbons (Fsp3) is 0.500. The molecule has 0 aromatic heterocycles. The van der Waals surface area contributed by atoms with Gasteiger partial charge in [-0.25, -0.2) is 8.42 Å². The average Bonchev–Trinajstić information content (AvgIpc) is 2.81. The zero-order chi connectivity index (χ0) is 13.3. The lowest BCUT2D eigenvalue weighted by atomic mass is 10.2. The fourth-order valence-corrected chi connectivity index (χ4v) is 4.49. The highest BCUT2D eigenvalue weighted by Crippen LogP contribution is 2.28. The summed E-state index contributed by atoms with van der Waals surface area (Å²) < 4.78 is 26.5. The summed E-state index contributed by atoms with van der Waals surface area (Å²) in [5, 5.41) is 0.573. The topological polar surface area (TPSA) is 37.4 Å². The molecule has 1 aliphatic rings. The SMILES string of the molecule is Cc1cc(S(=O)(=O)N2CCC[C@H]2CCl)ccc1Cl. The number of halogens is 2. The van der Waals surface area contributed by atoms with Crippen molar-refractivity contribution in [2.45, 2.75) is 30.7 Å². The highest BCUT2D eigenvalue weighted by molar-refractivity contribution is 7.89. The molecular weight excluding hydrogens is 293 g/mol. The van der Waals surface area contributed by atoms with Crippen molar-refractivity contribution in [2.75, 3.05) is 12.4 Å². The number of sulfonamides is 1. The molecule has 6 heteroatoms. The molecule has 0 saturated carbocycles. The Morgan fingerprint density at radius 1 is 1.44 bits per heavy atom. The molecule has 0 bridgehead atoms. The van der Waals surface area contributed by atoms with Crippen LogP contribution in [0.1, 0.15) is 18.4 Å². The van der Waals surface area contributed by atoms with Crippen LogP contribution in [0.4, 0.5) is 0 Å². The lowest BCUT2D eigenvalue weighted by Gasteiger charge is -2.22. The molecule has 0 unspecified atom stereocenters. The predicted octanol–water partition coefficient (Wildman–Crippen LogP) is 3.04. The summed E-state index contributed by atoms with van der Waals surface area (Å²) in [7, 11) is -3.45. The van der Waals surface area contributed by atoms with Crippen LogP contribution < -0.4 is 0 Å². The smallest absolute Gasteiger partial charge is 0.207 e. The van der Waals surface area contributed by atoms with Crippen LogP contribution in [0.25, 0.3) is 0 Å². The van der Waals surface area contributed by atoms with E-state index in [0.717, 1.165) is 18.4 Å². The van der Waals surface area contributed by atoms with Gasteiger partial charge < -0.3 is 0 Å². The number of nitrogens with zero attached hydrogens (tertiary/aromatic N) is 1. The molecule has 1 aromatic carbocycles. The minimum absolute atomic E-state index is 0.0901. The summed E-state index contributed by atoms with van der Waals surface area (Å²) in [6.45, 7) is 2.34. The van der Waals surface area contributed by atoms with Crippen molar-refractivity contribution in [1.29, 1.82) is 0 Å². The Balaban J connectivity index is 2.38. The van der Waals surface area contributed by atoms with Crippen LogP contribution in [0.5, 0.6) is 0 Å². The van der Waals surface area contributed by atoms with Gasteiger partial charge in [-0.3, -0.25) is 0 Å². The average molecular weight is 308 g/mol. The molecule has 1 atom stereocenters. The summed E-state index contributed by atoms with van der Waals surface area (Å²) in [6, 6.07) is 4.69. The van der Waals surface area contributed by atoms with E-state index < -0.39 is 10.0 Å². The van der Waals surface area contributed by atoms with E-state index in [1.807, 2.05) is 0 Å². The molecule has 0 amide bonds. The van der Waals surface area contributed by atoms with Crippen molar-refractivity contribution >= 4 is 33.2 Å². The quantitative estimate of drug-likeness (QED) is 0.805. The first-order valence-corrected chi connectivity index (χ1v) is 8.16. The van der Waals surface area contributed by atoms with Crippen LogP contribution in [0.15, 0.2) is 23.1 Å². The maximum atomic E-state index is 12.5. The van der Waals surface area contributed by atoms with Gasteiger partial charge in [0.1, 0.15) is 0 Å². The van der Waals surface area contributed by atoms with Gasteiger partial charge >= 0.3 is 0 Å². The molecule has 100 valence electrons. The lowest BCUT2D eigenvalue weighted by Crippen LogP contribution is -2.36. The molecule has 1 fully saturated rings. The highest BCUT2D eigenvalue weighted by Gasteiger charge is 2.34. The van der Waals surface area contributed by atoms with Gasteiger partial charge in [0, 0.05) is 23.5 Å². The van der Waals surface area contributed by atoms with Crippen LogP contribution >= 0.6 is 23.2 Å². The summed E-state index contributed by atoms with van der Waals surface area (Å²) >= 11 is 11.7. The first-order valence-electron chi connectivity index (χ1n) is 5.81. The number of rotatable bonds is 3. The Kier molecular flexibility index (Phi) is 4.22. The van der Waals surface area contributed by atoms with Crippen LogP contribution in [-0.2, 0) is 10.0 Å². The zero-order valence-corrected chi connectivity index (χ0v) is 12.4. The fourth-order valence-electron chi connectivity index (χ4n) is 2.19. The molecule has 2 rings (SSSR count).